The van der Waals surface area contributed by atoms with E-state index in [9.17, 15) is 14.7 Å². The predicted molar refractivity (Wildman–Crippen MR) is 135 cm³/mol. The molecule has 6 nitrogen and oxygen atoms in total. The van der Waals surface area contributed by atoms with Gasteiger partial charge in [-0.3, -0.25) is 9.59 Å². The van der Waals surface area contributed by atoms with Crippen LogP contribution in [0.25, 0.3) is 10.9 Å². The lowest BCUT2D eigenvalue weighted by Crippen LogP contribution is -2.38. The fourth-order valence-electron chi connectivity index (χ4n) is 5.20. The highest BCUT2D eigenvalue weighted by atomic mass is 16.3. The number of hydrogen-bond acceptors (Lipinski definition) is 4. The number of hydrogen-bond donors (Lipinski definition) is 3. The van der Waals surface area contributed by atoms with Gasteiger partial charge in [-0.25, -0.2) is 4.98 Å². The van der Waals surface area contributed by atoms with Crippen molar-refractivity contribution in [1.82, 2.24) is 15.3 Å². The first-order chi connectivity index (χ1) is 16.4. The summed E-state index contributed by atoms with van der Waals surface area (Å²) in [5.41, 5.74) is 1.79. The third-order valence-corrected chi connectivity index (χ3v) is 7.08. The van der Waals surface area contributed by atoms with Crippen LogP contribution in [-0.2, 0) is 11.2 Å². The molecule has 3 aromatic rings. The van der Waals surface area contributed by atoms with E-state index in [2.05, 4.69) is 46.5 Å². The van der Waals surface area contributed by atoms with Crippen molar-refractivity contribution in [1.29, 1.82) is 0 Å². The fourth-order valence-corrected chi connectivity index (χ4v) is 5.20. The number of fused-ring (bicyclic) bond motifs is 1. The number of aromatic nitrogens is 2. The maximum absolute atomic E-state index is 12.6. The van der Waals surface area contributed by atoms with Gasteiger partial charge >= 0.3 is 0 Å². The number of rotatable bonds is 7. The molecule has 0 unspecified atom stereocenters. The van der Waals surface area contributed by atoms with Crippen molar-refractivity contribution in [3.63, 3.8) is 0 Å². The number of nitrogens with one attached hydrogen (secondary N) is 2. The molecule has 0 radical (unpaired) electrons. The second-order valence-electron chi connectivity index (χ2n) is 10.1. The maximum atomic E-state index is 12.6. The summed E-state index contributed by atoms with van der Waals surface area (Å²) in [6, 6.07) is 17.7. The number of amides is 1. The van der Waals surface area contributed by atoms with Crippen LogP contribution in [0.15, 0.2) is 59.4 Å². The van der Waals surface area contributed by atoms with Crippen molar-refractivity contribution >= 4 is 16.8 Å². The number of aliphatic hydroxyl groups excluding tert-OH is 1. The first-order valence-corrected chi connectivity index (χ1v) is 12.4. The Morgan fingerprint density at radius 3 is 2.76 bits per heavy atom. The van der Waals surface area contributed by atoms with Crippen molar-refractivity contribution in [2.24, 2.45) is 5.41 Å². The Labute approximate surface area is 200 Å². The van der Waals surface area contributed by atoms with Gasteiger partial charge in [0, 0.05) is 19.4 Å². The molecule has 1 saturated carbocycles. The molecule has 0 aliphatic heterocycles. The molecule has 34 heavy (non-hydrogen) atoms. The minimum atomic E-state index is -0.264. The first kappa shape index (κ1) is 24.1. The highest BCUT2D eigenvalue weighted by molar-refractivity contribution is 5.77. The standard InChI is InChI=1S/C28H35N3O3/c1-28(16-8-11-22(32)17-21(18-28)20-9-3-2-4-10-20)19-29-26(33)15-7-14-25-30-24-13-6-5-12-23(24)27(34)31-25/h2-6,9-10,12-13,21-22,32H,7-8,11,14-19H2,1H3,(H,29,33)(H,30,31,34)/t21-,22+,28+/m0/s1. The zero-order chi connectivity index (χ0) is 24.0. The van der Waals surface area contributed by atoms with Crippen molar-refractivity contribution < 1.29 is 9.90 Å². The molecule has 2 aromatic carbocycles. The highest BCUT2D eigenvalue weighted by Gasteiger charge is 2.32. The first-order valence-electron chi connectivity index (χ1n) is 12.4. The van der Waals surface area contributed by atoms with Gasteiger partial charge in [-0.1, -0.05) is 55.8 Å². The van der Waals surface area contributed by atoms with Crippen LogP contribution in [-0.4, -0.2) is 33.6 Å². The van der Waals surface area contributed by atoms with Gasteiger partial charge in [0.05, 0.1) is 17.0 Å². The van der Waals surface area contributed by atoms with Gasteiger partial charge in [0.15, 0.2) is 0 Å². The molecule has 1 heterocycles. The smallest absolute Gasteiger partial charge is 0.258 e. The molecule has 6 heteroatoms. The van der Waals surface area contributed by atoms with Gasteiger partial charge in [-0.05, 0) is 61.1 Å². The van der Waals surface area contributed by atoms with Crippen molar-refractivity contribution in [2.75, 3.05) is 6.54 Å². The number of para-hydroxylation sites is 1. The fraction of sp³-hybridized carbons (Fsp3) is 0.464. The summed E-state index contributed by atoms with van der Waals surface area (Å²) < 4.78 is 0. The molecular weight excluding hydrogens is 426 g/mol. The molecule has 1 aliphatic carbocycles. The topological polar surface area (TPSA) is 95.1 Å². The van der Waals surface area contributed by atoms with Crippen LogP contribution in [0.5, 0.6) is 0 Å². The number of aromatic amines is 1. The highest BCUT2D eigenvalue weighted by Crippen LogP contribution is 2.40. The Hall–Kier alpha value is -2.99. The number of aryl methyl sites for hydroxylation is 1. The summed E-state index contributed by atoms with van der Waals surface area (Å²) >= 11 is 0. The summed E-state index contributed by atoms with van der Waals surface area (Å²) in [7, 11) is 0. The third-order valence-electron chi connectivity index (χ3n) is 7.08. The van der Waals surface area contributed by atoms with E-state index in [1.807, 2.05) is 24.3 Å². The lowest BCUT2D eigenvalue weighted by molar-refractivity contribution is -0.121. The van der Waals surface area contributed by atoms with E-state index < -0.39 is 0 Å². The van der Waals surface area contributed by atoms with Crippen LogP contribution in [0.4, 0.5) is 0 Å². The largest absolute Gasteiger partial charge is 0.393 e. The molecule has 3 atom stereocenters. The summed E-state index contributed by atoms with van der Waals surface area (Å²) in [6.07, 6.45) is 5.78. The van der Waals surface area contributed by atoms with Crippen LogP contribution in [0.1, 0.15) is 69.2 Å². The summed E-state index contributed by atoms with van der Waals surface area (Å²) in [6.45, 7) is 2.89. The number of carbonyl (C=O) groups excluding carboxylic acids is 1. The van der Waals surface area contributed by atoms with Gasteiger partial charge in [0.2, 0.25) is 5.91 Å². The molecule has 4 rings (SSSR count). The lowest BCUT2D eigenvalue weighted by atomic mass is 9.71. The summed E-state index contributed by atoms with van der Waals surface area (Å²) in [5.74, 6) is 0.935. The second-order valence-corrected chi connectivity index (χ2v) is 10.1. The molecule has 0 bridgehead atoms. The third kappa shape index (κ3) is 6.32. The Bertz CT molecular complexity index is 1160. The molecule has 1 fully saturated rings. The Morgan fingerprint density at radius 2 is 1.94 bits per heavy atom. The van der Waals surface area contributed by atoms with Gasteiger partial charge in [0.1, 0.15) is 5.82 Å². The number of H-pyrrole nitrogens is 1. The second kappa shape index (κ2) is 11.0. The lowest BCUT2D eigenvalue weighted by Gasteiger charge is -2.37. The molecule has 1 aliphatic rings. The molecule has 180 valence electrons. The molecule has 1 amide bonds. The van der Waals surface area contributed by atoms with E-state index in [1.54, 1.807) is 6.07 Å². The molecular formula is C28H35N3O3. The molecule has 0 saturated heterocycles. The van der Waals surface area contributed by atoms with E-state index in [0.717, 1.165) is 32.1 Å². The summed E-state index contributed by atoms with van der Waals surface area (Å²) in [5, 5.41) is 14.1. The van der Waals surface area contributed by atoms with Crippen molar-refractivity contribution in [2.45, 2.75) is 70.3 Å². The number of benzene rings is 2. The monoisotopic (exact) mass is 461 g/mol. The van der Waals surface area contributed by atoms with E-state index in [-0.39, 0.29) is 28.9 Å². The van der Waals surface area contributed by atoms with E-state index in [0.29, 0.717) is 42.5 Å². The Kier molecular flexibility index (Phi) is 7.78. The summed E-state index contributed by atoms with van der Waals surface area (Å²) in [4.78, 5) is 32.2. The SMILES string of the molecule is C[C@@]1(CNC(=O)CCCc2nc3ccccc3c(=O)[nH]2)CCC[C@@H](O)C[C@H](c2ccccc2)C1. The minimum Gasteiger partial charge on any atom is -0.393 e. The van der Waals surface area contributed by atoms with E-state index >= 15 is 0 Å². The minimum absolute atomic E-state index is 0.0125. The average molecular weight is 462 g/mol. The number of carbonyl (C=O) groups is 1. The predicted octanol–water partition coefficient (Wildman–Crippen LogP) is 4.48. The molecule has 0 spiro atoms. The van der Waals surface area contributed by atoms with Gasteiger partial charge in [0.25, 0.3) is 5.56 Å². The normalized spacial score (nSPS) is 23.2. The number of aliphatic hydroxyl groups is 1. The van der Waals surface area contributed by atoms with Crippen LogP contribution < -0.4 is 10.9 Å². The molecule has 3 N–H and O–H groups in total. The van der Waals surface area contributed by atoms with Crippen LogP contribution >= 0.6 is 0 Å². The number of nitrogens with zero attached hydrogens (tertiary/aromatic N) is 1. The van der Waals surface area contributed by atoms with Crippen LogP contribution in [0, 0.1) is 5.41 Å². The van der Waals surface area contributed by atoms with Gasteiger partial charge < -0.3 is 15.4 Å². The quantitative estimate of drug-likeness (QED) is 0.484. The Morgan fingerprint density at radius 1 is 1.18 bits per heavy atom. The van der Waals surface area contributed by atoms with E-state index in [1.165, 1.54) is 5.56 Å². The maximum Gasteiger partial charge on any atom is 0.258 e. The van der Waals surface area contributed by atoms with Crippen molar-refractivity contribution in [3.05, 3.63) is 76.3 Å². The van der Waals surface area contributed by atoms with Gasteiger partial charge in [-0.2, -0.15) is 0 Å². The zero-order valence-electron chi connectivity index (χ0n) is 19.9. The van der Waals surface area contributed by atoms with Crippen LogP contribution in [0.3, 0.4) is 0 Å². The van der Waals surface area contributed by atoms with Crippen molar-refractivity contribution in [3.8, 4) is 0 Å². The van der Waals surface area contributed by atoms with Gasteiger partial charge in [-0.15, -0.1) is 0 Å². The average Bonchev–Trinajstić information content (AvgIpc) is 2.82. The Balaban J connectivity index is 1.31. The van der Waals surface area contributed by atoms with Crippen LogP contribution in [0.2, 0.25) is 0 Å². The molecule has 1 aromatic heterocycles. The zero-order valence-corrected chi connectivity index (χ0v) is 19.9. The van der Waals surface area contributed by atoms with E-state index in [4.69, 9.17) is 0 Å².